The Morgan fingerprint density at radius 2 is 1.80 bits per heavy atom. The first-order chi connectivity index (χ1) is 9.90. The van der Waals surface area contributed by atoms with Crippen molar-refractivity contribution in [2.45, 2.75) is 6.42 Å². The van der Waals surface area contributed by atoms with Crippen LogP contribution >= 0.6 is 0 Å². The van der Waals surface area contributed by atoms with Crippen molar-refractivity contribution in [2.75, 3.05) is 6.67 Å². The summed E-state index contributed by atoms with van der Waals surface area (Å²) in [6.45, 7) is -0.465. The van der Waals surface area contributed by atoms with Gasteiger partial charge < -0.3 is 0 Å². The van der Waals surface area contributed by atoms with Crippen molar-refractivity contribution in [3.8, 4) is 17.1 Å². The SMILES string of the molecule is FCCc1nnn(-c2ccccc2)c1-c1ccccn1. The average molecular weight is 268 g/mol. The van der Waals surface area contributed by atoms with E-state index in [0.717, 1.165) is 17.1 Å². The number of hydrogen-bond donors (Lipinski definition) is 0. The number of aromatic nitrogens is 4. The molecule has 0 saturated carbocycles. The molecule has 0 atom stereocenters. The number of halogens is 1. The first-order valence-corrected chi connectivity index (χ1v) is 6.37. The molecule has 5 heteroatoms. The molecule has 2 heterocycles. The van der Waals surface area contributed by atoms with Crippen molar-refractivity contribution in [1.82, 2.24) is 20.0 Å². The van der Waals surface area contributed by atoms with Gasteiger partial charge in [-0.25, -0.2) is 4.68 Å². The van der Waals surface area contributed by atoms with Gasteiger partial charge in [0.05, 0.1) is 23.7 Å². The van der Waals surface area contributed by atoms with Gasteiger partial charge in [-0.2, -0.15) is 0 Å². The van der Waals surface area contributed by atoms with Crippen molar-refractivity contribution in [1.29, 1.82) is 0 Å². The van der Waals surface area contributed by atoms with E-state index in [4.69, 9.17) is 0 Å². The summed E-state index contributed by atoms with van der Waals surface area (Å²) >= 11 is 0. The number of nitrogens with zero attached hydrogens (tertiary/aromatic N) is 4. The van der Waals surface area contributed by atoms with Gasteiger partial charge in [0.1, 0.15) is 5.69 Å². The van der Waals surface area contributed by atoms with E-state index >= 15 is 0 Å². The van der Waals surface area contributed by atoms with E-state index in [9.17, 15) is 4.39 Å². The van der Waals surface area contributed by atoms with Crippen LogP contribution < -0.4 is 0 Å². The van der Waals surface area contributed by atoms with Crippen LogP contribution in [0.3, 0.4) is 0 Å². The van der Waals surface area contributed by atoms with Gasteiger partial charge in [-0.1, -0.05) is 29.5 Å². The Balaban J connectivity index is 2.17. The lowest BCUT2D eigenvalue weighted by molar-refractivity contribution is 0.492. The number of alkyl halides is 1. The minimum absolute atomic E-state index is 0.235. The van der Waals surface area contributed by atoms with Crippen molar-refractivity contribution < 1.29 is 4.39 Å². The third-order valence-corrected chi connectivity index (χ3v) is 2.98. The molecular weight excluding hydrogens is 255 g/mol. The molecule has 0 radical (unpaired) electrons. The zero-order chi connectivity index (χ0) is 13.8. The Kier molecular flexibility index (Phi) is 3.50. The van der Waals surface area contributed by atoms with E-state index in [-0.39, 0.29) is 6.42 Å². The van der Waals surface area contributed by atoms with E-state index in [2.05, 4.69) is 15.3 Å². The molecule has 2 aromatic heterocycles. The highest BCUT2D eigenvalue weighted by Gasteiger charge is 2.16. The maximum Gasteiger partial charge on any atom is 0.116 e. The molecule has 0 aliphatic heterocycles. The second-order valence-corrected chi connectivity index (χ2v) is 4.29. The van der Waals surface area contributed by atoms with Gasteiger partial charge in [0, 0.05) is 12.6 Å². The molecule has 0 unspecified atom stereocenters. The third-order valence-electron chi connectivity index (χ3n) is 2.98. The van der Waals surface area contributed by atoms with Crippen LogP contribution in [0.25, 0.3) is 17.1 Å². The number of para-hydroxylation sites is 1. The molecule has 4 nitrogen and oxygen atoms in total. The summed E-state index contributed by atoms with van der Waals surface area (Å²) in [5.41, 5.74) is 2.99. The van der Waals surface area contributed by atoms with Gasteiger partial charge in [-0.3, -0.25) is 9.37 Å². The highest BCUT2D eigenvalue weighted by molar-refractivity contribution is 5.60. The van der Waals surface area contributed by atoms with Crippen molar-refractivity contribution in [2.24, 2.45) is 0 Å². The van der Waals surface area contributed by atoms with Crippen LogP contribution in [0, 0.1) is 0 Å². The topological polar surface area (TPSA) is 43.6 Å². The molecule has 100 valence electrons. The Bertz CT molecular complexity index is 680. The predicted molar refractivity (Wildman–Crippen MR) is 74.3 cm³/mol. The van der Waals surface area contributed by atoms with Gasteiger partial charge >= 0.3 is 0 Å². The summed E-state index contributed by atoms with van der Waals surface area (Å²) in [6.07, 6.45) is 1.94. The quantitative estimate of drug-likeness (QED) is 0.730. The van der Waals surface area contributed by atoms with E-state index in [1.165, 1.54) is 0 Å². The van der Waals surface area contributed by atoms with Crippen molar-refractivity contribution >= 4 is 0 Å². The Morgan fingerprint density at radius 3 is 2.50 bits per heavy atom. The van der Waals surface area contributed by atoms with Crippen LogP contribution in [-0.4, -0.2) is 26.7 Å². The minimum Gasteiger partial charge on any atom is -0.255 e. The molecule has 0 aliphatic carbocycles. The fourth-order valence-electron chi connectivity index (χ4n) is 2.08. The number of aryl methyl sites for hydroxylation is 1. The standard InChI is InChI=1S/C15H13FN4/c16-10-9-14-15(13-8-4-5-11-17-13)20(19-18-14)12-6-2-1-3-7-12/h1-8,11H,9-10H2. The summed E-state index contributed by atoms with van der Waals surface area (Å²) in [4.78, 5) is 4.33. The molecule has 0 aliphatic rings. The Hall–Kier alpha value is -2.56. The van der Waals surface area contributed by atoms with Gasteiger partial charge in [-0.05, 0) is 24.3 Å². The maximum atomic E-state index is 12.7. The Labute approximate surface area is 115 Å². The second-order valence-electron chi connectivity index (χ2n) is 4.29. The van der Waals surface area contributed by atoms with E-state index in [0.29, 0.717) is 5.69 Å². The largest absolute Gasteiger partial charge is 0.255 e. The molecular formula is C15H13FN4. The number of rotatable bonds is 4. The molecule has 0 fully saturated rings. The summed E-state index contributed by atoms with van der Waals surface area (Å²) in [7, 11) is 0. The number of benzene rings is 1. The number of hydrogen-bond acceptors (Lipinski definition) is 3. The van der Waals surface area contributed by atoms with Gasteiger partial charge in [-0.15, -0.1) is 5.10 Å². The molecule has 3 rings (SSSR count). The molecule has 1 aromatic carbocycles. The lowest BCUT2D eigenvalue weighted by Gasteiger charge is -2.06. The van der Waals surface area contributed by atoms with E-state index in [1.54, 1.807) is 10.9 Å². The fraction of sp³-hybridized carbons (Fsp3) is 0.133. The first-order valence-electron chi connectivity index (χ1n) is 6.37. The van der Waals surface area contributed by atoms with Crippen molar-refractivity contribution in [3.05, 3.63) is 60.4 Å². The average Bonchev–Trinajstić information content (AvgIpc) is 2.93. The smallest absolute Gasteiger partial charge is 0.116 e. The third kappa shape index (κ3) is 2.30. The van der Waals surface area contributed by atoms with E-state index < -0.39 is 6.67 Å². The normalized spacial score (nSPS) is 10.7. The molecule has 0 bridgehead atoms. The second kappa shape index (κ2) is 5.61. The first kappa shape index (κ1) is 12.5. The number of pyridine rings is 1. The monoisotopic (exact) mass is 268 g/mol. The predicted octanol–water partition coefficient (Wildman–Crippen LogP) is 2.84. The highest BCUT2D eigenvalue weighted by Crippen LogP contribution is 2.23. The lowest BCUT2D eigenvalue weighted by atomic mass is 10.2. The van der Waals surface area contributed by atoms with Gasteiger partial charge in [0.2, 0.25) is 0 Å². The zero-order valence-corrected chi connectivity index (χ0v) is 10.8. The van der Waals surface area contributed by atoms with Gasteiger partial charge in [0.25, 0.3) is 0 Å². The van der Waals surface area contributed by atoms with Crippen LogP contribution in [-0.2, 0) is 6.42 Å². The molecule has 0 N–H and O–H groups in total. The zero-order valence-electron chi connectivity index (χ0n) is 10.8. The van der Waals surface area contributed by atoms with Crippen LogP contribution in [0.1, 0.15) is 5.69 Å². The molecule has 3 aromatic rings. The molecule has 0 saturated heterocycles. The fourth-order valence-corrected chi connectivity index (χ4v) is 2.08. The molecule has 0 amide bonds. The highest BCUT2D eigenvalue weighted by atomic mass is 19.1. The molecule has 20 heavy (non-hydrogen) atoms. The van der Waals surface area contributed by atoms with E-state index in [1.807, 2.05) is 48.5 Å². The maximum absolute atomic E-state index is 12.7. The minimum atomic E-state index is -0.465. The summed E-state index contributed by atoms with van der Waals surface area (Å²) in [5, 5.41) is 8.23. The van der Waals surface area contributed by atoms with Crippen LogP contribution in [0.2, 0.25) is 0 Å². The summed E-state index contributed by atoms with van der Waals surface area (Å²) < 4.78 is 14.4. The van der Waals surface area contributed by atoms with Crippen molar-refractivity contribution in [3.63, 3.8) is 0 Å². The van der Waals surface area contributed by atoms with Crippen LogP contribution in [0.5, 0.6) is 0 Å². The Morgan fingerprint density at radius 1 is 1.00 bits per heavy atom. The van der Waals surface area contributed by atoms with Crippen LogP contribution in [0.4, 0.5) is 4.39 Å². The van der Waals surface area contributed by atoms with Crippen LogP contribution in [0.15, 0.2) is 54.7 Å². The molecule has 0 spiro atoms. The lowest BCUT2D eigenvalue weighted by Crippen LogP contribution is -2.01. The summed E-state index contributed by atoms with van der Waals surface area (Å²) in [6, 6.07) is 15.3. The van der Waals surface area contributed by atoms with Gasteiger partial charge in [0.15, 0.2) is 0 Å². The summed E-state index contributed by atoms with van der Waals surface area (Å²) in [5.74, 6) is 0.